The molecule has 7 nitrogen and oxygen atoms in total. The van der Waals surface area contributed by atoms with Gasteiger partial charge in [0.1, 0.15) is 18.2 Å². The van der Waals surface area contributed by atoms with Gasteiger partial charge in [0, 0.05) is 0 Å². The second-order valence-electron chi connectivity index (χ2n) is 3.50. The molecule has 0 amide bonds. The summed E-state index contributed by atoms with van der Waals surface area (Å²) in [6.45, 7) is 5.51. The van der Waals surface area contributed by atoms with E-state index in [1.807, 2.05) is 0 Å². The van der Waals surface area contributed by atoms with Crippen LogP contribution in [0.5, 0.6) is 0 Å². The number of hydrogen-bond acceptors (Lipinski definition) is 6. The van der Waals surface area contributed by atoms with Crippen molar-refractivity contribution >= 4 is 17.8 Å². The molecule has 0 aromatic carbocycles. The Morgan fingerprint density at radius 3 is 2.44 bits per heavy atom. The number of hydrogen-bond donors (Lipinski definition) is 1. The number of nitrogens with zero attached hydrogens (tertiary/aromatic N) is 2. The minimum Gasteiger partial charge on any atom is -0.465 e. The Bertz CT molecular complexity index is 453. The molecule has 0 radical (unpaired) electrons. The average Bonchev–Trinajstić information content (AvgIpc) is 2.58. The van der Waals surface area contributed by atoms with E-state index in [0.29, 0.717) is 5.82 Å². The van der Waals surface area contributed by atoms with Gasteiger partial charge in [0.2, 0.25) is 0 Å². The first-order valence-corrected chi connectivity index (χ1v) is 5.66. The highest BCUT2D eigenvalue weighted by atomic mass is 16.5. The van der Waals surface area contributed by atoms with Crippen LogP contribution in [0, 0.1) is 6.92 Å². The number of carbonyl (C=O) groups excluding carboxylic acids is 2. The number of nitrogen functional groups attached to an aromatic ring is 1. The van der Waals surface area contributed by atoms with Crippen LogP contribution in [0.1, 0.15) is 30.2 Å². The van der Waals surface area contributed by atoms with E-state index in [2.05, 4.69) is 4.98 Å². The van der Waals surface area contributed by atoms with Gasteiger partial charge in [-0.25, -0.2) is 9.78 Å². The SMILES string of the molecule is CCOC(=O)Cn1c(C)nc(C(=O)OCC)c1N. The van der Waals surface area contributed by atoms with Crippen molar-refractivity contribution in [2.24, 2.45) is 0 Å². The number of anilines is 1. The van der Waals surface area contributed by atoms with Gasteiger partial charge >= 0.3 is 11.9 Å². The first-order chi connectivity index (χ1) is 8.51. The van der Waals surface area contributed by atoms with E-state index in [4.69, 9.17) is 15.2 Å². The third kappa shape index (κ3) is 2.99. The van der Waals surface area contributed by atoms with Crippen molar-refractivity contribution in [2.75, 3.05) is 18.9 Å². The van der Waals surface area contributed by atoms with E-state index in [1.54, 1.807) is 20.8 Å². The Balaban J connectivity index is 2.94. The molecule has 0 aliphatic rings. The molecule has 0 aliphatic carbocycles. The fourth-order valence-electron chi connectivity index (χ4n) is 1.47. The highest BCUT2D eigenvalue weighted by Gasteiger charge is 2.21. The Morgan fingerprint density at radius 2 is 1.89 bits per heavy atom. The first kappa shape index (κ1) is 14.0. The number of imidazole rings is 1. The fourth-order valence-corrected chi connectivity index (χ4v) is 1.47. The molecule has 1 aromatic rings. The molecule has 1 aromatic heterocycles. The fraction of sp³-hybridized carbons (Fsp3) is 0.545. The van der Waals surface area contributed by atoms with Crippen molar-refractivity contribution in [3.05, 3.63) is 11.5 Å². The van der Waals surface area contributed by atoms with E-state index in [1.165, 1.54) is 4.57 Å². The lowest BCUT2D eigenvalue weighted by molar-refractivity contribution is -0.143. The topological polar surface area (TPSA) is 96.4 Å². The third-order valence-electron chi connectivity index (χ3n) is 2.26. The summed E-state index contributed by atoms with van der Waals surface area (Å²) in [6.07, 6.45) is 0. The molecule has 1 heterocycles. The molecule has 0 bridgehead atoms. The maximum atomic E-state index is 11.5. The van der Waals surface area contributed by atoms with Crippen LogP contribution >= 0.6 is 0 Å². The van der Waals surface area contributed by atoms with E-state index in [-0.39, 0.29) is 31.3 Å². The zero-order valence-electron chi connectivity index (χ0n) is 10.7. The number of aryl methyl sites for hydroxylation is 1. The van der Waals surface area contributed by atoms with Gasteiger partial charge in [-0.3, -0.25) is 4.79 Å². The predicted molar refractivity (Wildman–Crippen MR) is 64.0 cm³/mol. The molecule has 2 N–H and O–H groups in total. The summed E-state index contributed by atoms with van der Waals surface area (Å²) in [7, 11) is 0. The van der Waals surface area contributed by atoms with Gasteiger partial charge in [-0.2, -0.15) is 0 Å². The highest BCUT2D eigenvalue weighted by molar-refractivity contribution is 5.92. The number of nitrogens with two attached hydrogens (primary N) is 1. The standard InChI is InChI=1S/C11H17N3O4/c1-4-17-8(15)6-14-7(3)13-9(10(14)12)11(16)18-5-2/h4-6,12H2,1-3H3. The van der Waals surface area contributed by atoms with Gasteiger partial charge in [0.15, 0.2) is 5.69 Å². The molecule has 0 unspecified atom stereocenters. The molecule has 0 aliphatic heterocycles. The lowest BCUT2D eigenvalue weighted by Crippen LogP contribution is -2.17. The maximum Gasteiger partial charge on any atom is 0.360 e. The normalized spacial score (nSPS) is 10.2. The number of aromatic nitrogens is 2. The Labute approximate surface area is 105 Å². The second kappa shape index (κ2) is 6.04. The van der Waals surface area contributed by atoms with Crippen molar-refractivity contribution in [1.82, 2.24) is 9.55 Å². The molecule has 18 heavy (non-hydrogen) atoms. The number of esters is 2. The van der Waals surface area contributed by atoms with Crippen LogP contribution in [0.2, 0.25) is 0 Å². The summed E-state index contributed by atoms with van der Waals surface area (Å²) in [4.78, 5) is 26.9. The third-order valence-corrected chi connectivity index (χ3v) is 2.26. The maximum absolute atomic E-state index is 11.5. The lowest BCUT2D eigenvalue weighted by atomic mass is 10.4. The number of rotatable bonds is 5. The molecule has 1 rings (SSSR count). The highest BCUT2D eigenvalue weighted by Crippen LogP contribution is 2.15. The van der Waals surface area contributed by atoms with Crippen LogP contribution in [0.3, 0.4) is 0 Å². The quantitative estimate of drug-likeness (QED) is 0.770. The lowest BCUT2D eigenvalue weighted by Gasteiger charge is -2.06. The van der Waals surface area contributed by atoms with Gasteiger partial charge in [0.05, 0.1) is 13.2 Å². The van der Waals surface area contributed by atoms with Gasteiger partial charge in [0.25, 0.3) is 0 Å². The second-order valence-corrected chi connectivity index (χ2v) is 3.50. The van der Waals surface area contributed by atoms with Crippen molar-refractivity contribution < 1.29 is 19.1 Å². The first-order valence-electron chi connectivity index (χ1n) is 5.66. The summed E-state index contributed by atoms with van der Waals surface area (Å²) in [5.41, 5.74) is 5.80. The summed E-state index contributed by atoms with van der Waals surface area (Å²) in [5, 5.41) is 0. The molecule has 0 spiro atoms. The smallest absolute Gasteiger partial charge is 0.360 e. The van der Waals surface area contributed by atoms with Crippen LogP contribution in [0.4, 0.5) is 5.82 Å². The molecular formula is C11H17N3O4. The summed E-state index contributed by atoms with van der Waals surface area (Å²) >= 11 is 0. The Morgan fingerprint density at radius 1 is 1.28 bits per heavy atom. The number of ether oxygens (including phenoxy) is 2. The minimum absolute atomic E-state index is 0.0265. The van der Waals surface area contributed by atoms with Crippen LogP contribution in [-0.2, 0) is 20.8 Å². The van der Waals surface area contributed by atoms with E-state index >= 15 is 0 Å². The minimum atomic E-state index is -0.597. The van der Waals surface area contributed by atoms with Crippen LogP contribution < -0.4 is 5.73 Å². The molecule has 0 saturated carbocycles. The van der Waals surface area contributed by atoms with E-state index < -0.39 is 11.9 Å². The molecule has 100 valence electrons. The van der Waals surface area contributed by atoms with Gasteiger partial charge < -0.3 is 19.8 Å². The monoisotopic (exact) mass is 255 g/mol. The summed E-state index contributed by atoms with van der Waals surface area (Å²) in [5.74, 6) is -0.455. The van der Waals surface area contributed by atoms with Crippen LogP contribution in [0.25, 0.3) is 0 Å². The van der Waals surface area contributed by atoms with Crippen molar-refractivity contribution in [3.8, 4) is 0 Å². The summed E-state index contributed by atoms with van der Waals surface area (Å²) in [6, 6.07) is 0. The van der Waals surface area contributed by atoms with Crippen LogP contribution in [-0.4, -0.2) is 34.7 Å². The molecular weight excluding hydrogens is 238 g/mol. The van der Waals surface area contributed by atoms with Crippen molar-refractivity contribution in [2.45, 2.75) is 27.3 Å². The molecule has 0 saturated heterocycles. The zero-order valence-corrected chi connectivity index (χ0v) is 10.7. The average molecular weight is 255 g/mol. The molecule has 7 heteroatoms. The predicted octanol–water partition coefficient (Wildman–Crippen LogP) is 0.514. The van der Waals surface area contributed by atoms with Gasteiger partial charge in [-0.15, -0.1) is 0 Å². The van der Waals surface area contributed by atoms with Gasteiger partial charge in [-0.05, 0) is 20.8 Å². The van der Waals surface area contributed by atoms with Gasteiger partial charge in [-0.1, -0.05) is 0 Å². The largest absolute Gasteiger partial charge is 0.465 e. The Kier molecular flexibility index (Phi) is 4.70. The van der Waals surface area contributed by atoms with Crippen LogP contribution in [0.15, 0.2) is 0 Å². The Hall–Kier alpha value is -2.05. The molecule has 0 atom stereocenters. The van der Waals surface area contributed by atoms with E-state index in [0.717, 1.165) is 0 Å². The van der Waals surface area contributed by atoms with Crippen molar-refractivity contribution in [3.63, 3.8) is 0 Å². The van der Waals surface area contributed by atoms with Crippen molar-refractivity contribution in [1.29, 1.82) is 0 Å². The molecule has 0 fully saturated rings. The summed E-state index contributed by atoms with van der Waals surface area (Å²) < 4.78 is 11.1. The number of carbonyl (C=O) groups is 2. The zero-order chi connectivity index (χ0) is 13.7. The van der Waals surface area contributed by atoms with E-state index in [9.17, 15) is 9.59 Å².